The molecule has 0 fully saturated rings. The van der Waals surface area contributed by atoms with E-state index < -0.39 is 10.1 Å². The molecule has 5 aromatic rings. The maximum absolute atomic E-state index is 12.6. The first-order valence-corrected chi connectivity index (χ1v) is 10.1. The summed E-state index contributed by atoms with van der Waals surface area (Å²) in [5.74, 6) is 0. The Bertz CT molecular complexity index is 1400. The molecule has 132 valence electrons. The summed E-state index contributed by atoms with van der Waals surface area (Å²) < 4.78 is 35.5. The van der Waals surface area contributed by atoms with Crippen LogP contribution in [0.4, 0.5) is 0 Å². The third-order valence-corrected chi connectivity index (χ3v) is 6.30. The fourth-order valence-electron chi connectivity index (χ4n) is 4.19. The molecule has 0 atom stereocenters. The van der Waals surface area contributed by atoms with Crippen molar-refractivity contribution in [3.63, 3.8) is 0 Å². The van der Waals surface area contributed by atoms with E-state index in [0.29, 0.717) is 10.8 Å². The zero-order valence-electron chi connectivity index (χ0n) is 14.6. The Morgan fingerprint density at radius 3 is 1.52 bits per heavy atom. The molecule has 0 heterocycles. The first-order valence-electron chi connectivity index (χ1n) is 8.70. The highest BCUT2D eigenvalue weighted by atomic mass is 32.2. The number of hydrogen-bond acceptors (Lipinski definition) is 2. The van der Waals surface area contributed by atoms with Gasteiger partial charge in [0, 0.05) is 10.8 Å². The molecule has 4 heteroatoms. The lowest BCUT2D eigenvalue weighted by molar-refractivity contribution is 0.485. The van der Waals surface area contributed by atoms with Gasteiger partial charge >= 0.3 is 0 Å². The van der Waals surface area contributed by atoms with Crippen molar-refractivity contribution in [2.45, 2.75) is 11.8 Å². The van der Waals surface area contributed by atoms with Crippen LogP contribution in [0.2, 0.25) is 0 Å². The van der Waals surface area contributed by atoms with Gasteiger partial charge in [0.05, 0.1) is 0 Å². The highest BCUT2D eigenvalue weighted by Crippen LogP contribution is 2.41. The molecule has 0 unspecified atom stereocenters. The van der Waals surface area contributed by atoms with Crippen LogP contribution in [-0.2, 0) is 10.1 Å². The van der Waals surface area contributed by atoms with Crippen LogP contribution >= 0.6 is 0 Å². The third-order valence-electron chi connectivity index (χ3n) is 5.38. The van der Waals surface area contributed by atoms with E-state index in [2.05, 4.69) is 0 Å². The van der Waals surface area contributed by atoms with Crippen molar-refractivity contribution in [2.24, 2.45) is 0 Å². The van der Waals surface area contributed by atoms with Crippen LogP contribution in [0.1, 0.15) is 5.56 Å². The average molecular weight is 372 g/mol. The highest BCUT2D eigenvalue weighted by molar-refractivity contribution is 7.86. The zero-order valence-corrected chi connectivity index (χ0v) is 15.4. The van der Waals surface area contributed by atoms with Crippen LogP contribution in [-0.4, -0.2) is 13.0 Å². The van der Waals surface area contributed by atoms with Crippen LogP contribution in [0.3, 0.4) is 0 Å². The molecule has 0 bridgehead atoms. The second-order valence-corrected chi connectivity index (χ2v) is 8.21. The zero-order chi connectivity index (χ0) is 18.8. The Balaban J connectivity index is 2.25. The fourth-order valence-corrected chi connectivity index (χ4v) is 5.14. The highest BCUT2D eigenvalue weighted by Gasteiger charge is 2.23. The maximum Gasteiger partial charge on any atom is 0.295 e. The van der Waals surface area contributed by atoms with Gasteiger partial charge in [-0.2, -0.15) is 8.42 Å². The van der Waals surface area contributed by atoms with Crippen LogP contribution < -0.4 is 0 Å². The first kappa shape index (κ1) is 16.2. The van der Waals surface area contributed by atoms with Gasteiger partial charge < -0.3 is 0 Å². The molecule has 0 aliphatic rings. The molecule has 27 heavy (non-hydrogen) atoms. The van der Waals surface area contributed by atoms with Crippen LogP contribution in [0.5, 0.6) is 0 Å². The Hall–Kier alpha value is -2.95. The van der Waals surface area contributed by atoms with Crippen LogP contribution in [0.25, 0.3) is 43.1 Å². The van der Waals surface area contributed by atoms with E-state index >= 15 is 0 Å². The fraction of sp³-hybridized carbons (Fsp3) is 0.0435. The molecule has 0 amide bonds. The van der Waals surface area contributed by atoms with Crippen molar-refractivity contribution in [1.82, 2.24) is 0 Å². The second kappa shape index (κ2) is 5.52. The van der Waals surface area contributed by atoms with Crippen molar-refractivity contribution < 1.29 is 13.0 Å². The largest absolute Gasteiger partial charge is 0.295 e. The molecule has 0 aromatic heterocycles. The molecule has 0 saturated heterocycles. The number of rotatable bonds is 1. The van der Waals surface area contributed by atoms with Gasteiger partial charge in [0.15, 0.2) is 0 Å². The third kappa shape index (κ3) is 2.27. The lowest BCUT2D eigenvalue weighted by atomic mass is 9.91. The number of hydrogen-bond donors (Lipinski definition) is 1. The lowest BCUT2D eigenvalue weighted by Gasteiger charge is -2.16. The van der Waals surface area contributed by atoms with Gasteiger partial charge in [0.1, 0.15) is 4.90 Å². The summed E-state index contributed by atoms with van der Waals surface area (Å²) in [5.41, 5.74) is 1.00. The standard InChI is InChI=1S/C23H16O3S/c1-14-17-12-10-15-6-2-4-8-19(15)21(17)23(27(24,25)26)22-18(14)13-11-16-7-3-5-9-20(16)22/h2-13H,1H3,(H,24,25,26). The van der Waals surface area contributed by atoms with Crippen molar-refractivity contribution in [2.75, 3.05) is 0 Å². The van der Waals surface area contributed by atoms with Gasteiger partial charge in [-0.25, -0.2) is 0 Å². The molecule has 5 aromatic carbocycles. The summed E-state index contributed by atoms with van der Waals surface area (Å²) in [5, 5.41) is 6.35. The summed E-state index contributed by atoms with van der Waals surface area (Å²) >= 11 is 0. The molecule has 0 radical (unpaired) electrons. The monoisotopic (exact) mass is 372 g/mol. The molecule has 5 rings (SSSR count). The first-order chi connectivity index (χ1) is 13.0. The maximum atomic E-state index is 12.6. The molecule has 0 spiro atoms. The molecule has 1 N–H and O–H groups in total. The van der Waals surface area contributed by atoms with Crippen molar-refractivity contribution in [3.05, 3.63) is 78.4 Å². The summed E-state index contributed by atoms with van der Waals surface area (Å²) in [4.78, 5) is -0.00769. The Kier molecular flexibility index (Phi) is 3.32. The molecule has 3 nitrogen and oxygen atoms in total. The average Bonchev–Trinajstić information content (AvgIpc) is 2.67. The predicted octanol–water partition coefficient (Wildman–Crippen LogP) is 5.85. The summed E-state index contributed by atoms with van der Waals surface area (Å²) in [7, 11) is -4.46. The van der Waals surface area contributed by atoms with Gasteiger partial charge in [-0.15, -0.1) is 0 Å². The van der Waals surface area contributed by atoms with E-state index in [1.54, 1.807) is 0 Å². The normalized spacial score (nSPS) is 12.4. The van der Waals surface area contributed by atoms with E-state index in [4.69, 9.17) is 0 Å². The van der Waals surface area contributed by atoms with Crippen LogP contribution in [0.15, 0.2) is 77.7 Å². The number of aryl methyl sites for hydroxylation is 1. The summed E-state index contributed by atoms with van der Waals surface area (Å²) in [6.45, 7) is 2.00. The van der Waals surface area contributed by atoms with Gasteiger partial charge in [-0.05, 0) is 44.8 Å². The minimum absolute atomic E-state index is 0.00769. The molecule has 0 aliphatic carbocycles. The number of fused-ring (bicyclic) bond motifs is 6. The smallest absolute Gasteiger partial charge is 0.282 e. The summed E-state index contributed by atoms with van der Waals surface area (Å²) in [6, 6.07) is 23.2. The Morgan fingerprint density at radius 2 is 1.07 bits per heavy atom. The minimum Gasteiger partial charge on any atom is -0.282 e. The minimum atomic E-state index is -4.46. The van der Waals surface area contributed by atoms with Gasteiger partial charge in [-0.3, -0.25) is 4.55 Å². The lowest BCUT2D eigenvalue weighted by Crippen LogP contribution is -2.03. The van der Waals surface area contributed by atoms with E-state index in [0.717, 1.165) is 37.9 Å². The predicted molar refractivity (Wildman–Crippen MR) is 111 cm³/mol. The van der Waals surface area contributed by atoms with Gasteiger partial charge in [0.2, 0.25) is 0 Å². The quantitative estimate of drug-likeness (QED) is 0.228. The Morgan fingerprint density at radius 1 is 0.630 bits per heavy atom. The molecular weight excluding hydrogens is 356 g/mol. The molecular formula is C23H16O3S. The van der Waals surface area contributed by atoms with Crippen molar-refractivity contribution in [1.29, 1.82) is 0 Å². The Labute approximate surface area is 156 Å². The van der Waals surface area contributed by atoms with E-state index in [-0.39, 0.29) is 4.90 Å². The number of benzene rings is 5. The SMILES string of the molecule is Cc1c2ccc3ccccc3c2c(S(=O)(=O)O)c2c1ccc1ccccc12. The van der Waals surface area contributed by atoms with Gasteiger partial charge in [-0.1, -0.05) is 72.8 Å². The molecule has 0 aliphatic heterocycles. The topological polar surface area (TPSA) is 54.4 Å². The van der Waals surface area contributed by atoms with Crippen LogP contribution in [0, 0.1) is 6.92 Å². The van der Waals surface area contributed by atoms with Gasteiger partial charge in [0.25, 0.3) is 10.1 Å². The van der Waals surface area contributed by atoms with E-state index in [1.807, 2.05) is 79.7 Å². The second-order valence-electron chi connectivity index (χ2n) is 6.85. The van der Waals surface area contributed by atoms with E-state index in [9.17, 15) is 13.0 Å². The van der Waals surface area contributed by atoms with Crippen molar-refractivity contribution >= 4 is 53.2 Å². The van der Waals surface area contributed by atoms with E-state index in [1.165, 1.54) is 0 Å². The molecule has 0 saturated carbocycles. The van der Waals surface area contributed by atoms with Crippen molar-refractivity contribution in [3.8, 4) is 0 Å². The summed E-state index contributed by atoms with van der Waals surface area (Å²) in [6.07, 6.45) is 0.